The highest BCUT2D eigenvalue weighted by molar-refractivity contribution is 6.42. The third kappa shape index (κ3) is 5.26. The van der Waals surface area contributed by atoms with Crippen molar-refractivity contribution >= 4 is 23.2 Å². The minimum Gasteiger partial charge on any atom is -0.393 e. The van der Waals surface area contributed by atoms with E-state index in [1.54, 1.807) is 19.2 Å². The summed E-state index contributed by atoms with van der Waals surface area (Å²) < 4.78 is 5.04. The number of methoxy groups -OCH3 is 1. The van der Waals surface area contributed by atoms with Crippen molar-refractivity contribution < 1.29 is 9.84 Å². The van der Waals surface area contributed by atoms with E-state index < -0.39 is 0 Å². The molecule has 4 heteroatoms. The molecule has 17 heavy (non-hydrogen) atoms. The Morgan fingerprint density at radius 2 is 2.00 bits per heavy atom. The molecule has 2 atom stereocenters. The highest BCUT2D eigenvalue weighted by Gasteiger charge is 2.11. The van der Waals surface area contributed by atoms with E-state index in [1.165, 1.54) is 0 Å². The zero-order chi connectivity index (χ0) is 12.8. The van der Waals surface area contributed by atoms with Gasteiger partial charge >= 0.3 is 0 Å². The molecular weight excluding hydrogens is 259 g/mol. The van der Waals surface area contributed by atoms with Crippen LogP contribution in [0.5, 0.6) is 0 Å². The quantitative estimate of drug-likeness (QED) is 0.861. The fourth-order valence-electron chi connectivity index (χ4n) is 1.84. The molecule has 96 valence electrons. The van der Waals surface area contributed by atoms with Crippen LogP contribution in [0.15, 0.2) is 18.2 Å². The number of aliphatic hydroxyl groups excluding tert-OH is 1. The first-order valence-electron chi connectivity index (χ1n) is 5.64. The molecule has 2 nitrogen and oxygen atoms in total. The van der Waals surface area contributed by atoms with Crippen molar-refractivity contribution in [3.63, 3.8) is 0 Å². The Morgan fingerprint density at radius 3 is 2.59 bits per heavy atom. The van der Waals surface area contributed by atoms with Crippen molar-refractivity contribution in [1.82, 2.24) is 0 Å². The maximum atomic E-state index is 9.93. The van der Waals surface area contributed by atoms with Crippen molar-refractivity contribution in [2.45, 2.75) is 25.9 Å². The molecule has 1 aromatic rings. The normalized spacial score (nSPS) is 14.6. The number of ether oxygens (including phenoxy) is 1. The van der Waals surface area contributed by atoms with Crippen molar-refractivity contribution in [3.8, 4) is 0 Å². The first-order chi connectivity index (χ1) is 8.02. The summed E-state index contributed by atoms with van der Waals surface area (Å²) in [6.45, 7) is 2.72. The molecule has 2 unspecified atom stereocenters. The number of aliphatic hydroxyl groups is 1. The Kier molecular flexibility index (Phi) is 6.28. The van der Waals surface area contributed by atoms with Crippen molar-refractivity contribution in [1.29, 1.82) is 0 Å². The second kappa shape index (κ2) is 7.22. The third-order valence-corrected chi connectivity index (χ3v) is 3.32. The molecule has 0 aromatic heterocycles. The molecule has 0 saturated heterocycles. The van der Waals surface area contributed by atoms with Crippen LogP contribution in [0.4, 0.5) is 0 Å². The lowest BCUT2D eigenvalue weighted by Gasteiger charge is -2.16. The van der Waals surface area contributed by atoms with E-state index in [0.29, 0.717) is 35.4 Å². The molecule has 0 radical (unpaired) electrons. The molecule has 1 aromatic carbocycles. The number of hydrogen-bond acceptors (Lipinski definition) is 2. The van der Waals surface area contributed by atoms with E-state index in [0.717, 1.165) is 5.56 Å². The van der Waals surface area contributed by atoms with Crippen LogP contribution < -0.4 is 0 Å². The molecule has 0 saturated carbocycles. The second-order valence-corrected chi connectivity index (χ2v) is 5.22. The lowest BCUT2D eigenvalue weighted by molar-refractivity contribution is 0.102. The van der Waals surface area contributed by atoms with Crippen molar-refractivity contribution in [3.05, 3.63) is 33.8 Å². The van der Waals surface area contributed by atoms with Crippen LogP contribution in [0.25, 0.3) is 0 Å². The summed E-state index contributed by atoms with van der Waals surface area (Å²) in [5, 5.41) is 11.0. The van der Waals surface area contributed by atoms with Gasteiger partial charge in [-0.2, -0.15) is 0 Å². The summed E-state index contributed by atoms with van der Waals surface area (Å²) in [5.74, 6) is 0.345. The van der Waals surface area contributed by atoms with Gasteiger partial charge in [0.15, 0.2) is 0 Å². The van der Waals surface area contributed by atoms with Gasteiger partial charge in [-0.3, -0.25) is 0 Å². The standard InChI is InChI=1S/C13H18Cl2O2/c1-9(8-17-2)5-11(16)6-10-3-4-12(14)13(15)7-10/h3-4,7,9,11,16H,5-6,8H2,1-2H3. The van der Waals surface area contributed by atoms with E-state index in [1.807, 2.05) is 6.07 Å². The Morgan fingerprint density at radius 1 is 1.29 bits per heavy atom. The summed E-state index contributed by atoms with van der Waals surface area (Å²) in [6.07, 6.45) is 0.927. The van der Waals surface area contributed by atoms with Gasteiger partial charge in [-0.05, 0) is 36.5 Å². The number of rotatable bonds is 6. The monoisotopic (exact) mass is 276 g/mol. The summed E-state index contributed by atoms with van der Waals surface area (Å²) in [6, 6.07) is 5.44. The van der Waals surface area contributed by atoms with Crippen LogP contribution in [-0.4, -0.2) is 24.9 Å². The van der Waals surface area contributed by atoms with E-state index in [9.17, 15) is 5.11 Å². The maximum Gasteiger partial charge on any atom is 0.0595 e. The molecule has 1 N–H and O–H groups in total. The van der Waals surface area contributed by atoms with Gasteiger partial charge in [-0.15, -0.1) is 0 Å². The molecule has 0 bridgehead atoms. The minimum atomic E-state index is -0.377. The molecule has 1 rings (SSSR count). The van der Waals surface area contributed by atoms with Crippen LogP contribution in [-0.2, 0) is 11.2 Å². The molecule has 0 aliphatic carbocycles. The van der Waals surface area contributed by atoms with Gasteiger partial charge in [0.1, 0.15) is 0 Å². The van der Waals surface area contributed by atoms with Gasteiger partial charge in [0.05, 0.1) is 16.1 Å². The molecule has 0 amide bonds. The fraction of sp³-hybridized carbons (Fsp3) is 0.538. The van der Waals surface area contributed by atoms with Crippen LogP contribution in [0.2, 0.25) is 10.0 Å². The highest BCUT2D eigenvalue weighted by atomic mass is 35.5. The molecule has 0 aliphatic rings. The number of halogens is 2. The van der Waals surface area contributed by atoms with Crippen molar-refractivity contribution in [2.75, 3.05) is 13.7 Å². The van der Waals surface area contributed by atoms with Crippen LogP contribution in [0.1, 0.15) is 18.9 Å². The van der Waals surface area contributed by atoms with E-state index in [-0.39, 0.29) is 6.10 Å². The predicted molar refractivity (Wildman–Crippen MR) is 71.8 cm³/mol. The van der Waals surface area contributed by atoms with Crippen molar-refractivity contribution in [2.24, 2.45) is 5.92 Å². The molecule has 0 aliphatic heterocycles. The fourth-order valence-corrected chi connectivity index (χ4v) is 2.16. The van der Waals surface area contributed by atoms with Gasteiger partial charge in [0.25, 0.3) is 0 Å². The van der Waals surface area contributed by atoms with Gasteiger partial charge in [0, 0.05) is 13.7 Å². The molecule has 0 heterocycles. The Bertz CT molecular complexity index is 355. The zero-order valence-corrected chi connectivity index (χ0v) is 11.6. The maximum absolute atomic E-state index is 9.93. The number of hydrogen-bond donors (Lipinski definition) is 1. The Balaban J connectivity index is 2.50. The van der Waals surface area contributed by atoms with Crippen LogP contribution >= 0.6 is 23.2 Å². The summed E-state index contributed by atoms with van der Waals surface area (Å²) >= 11 is 11.8. The van der Waals surface area contributed by atoms with Gasteiger partial charge in [-0.1, -0.05) is 36.2 Å². The minimum absolute atomic E-state index is 0.345. The predicted octanol–water partition coefficient (Wildman–Crippen LogP) is 3.57. The molecule has 0 fully saturated rings. The largest absolute Gasteiger partial charge is 0.393 e. The lowest BCUT2D eigenvalue weighted by Crippen LogP contribution is -2.17. The molecule has 0 spiro atoms. The topological polar surface area (TPSA) is 29.5 Å². The molecular formula is C13H18Cl2O2. The van der Waals surface area contributed by atoms with E-state index in [2.05, 4.69) is 6.92 Å². The first kappa shape index (κ1) is 14.8. The second-order valence-electron chi connectivity index (χ2n) is 4.40. The highest BCUT2D eigenvalue weighted by Crippen LogP contribution is 2.23. The smallest absolute Gasteiger partial charge is 0.0595 e. The Hall–Kier alpha value is -0.280. The van der Waals surface area contributed by atoms with Gasteiger partial charge in [-0.25, -0.2) is 0 Å². The lowest BCUT2D eigenvalue weighted by atomic mass is 9.99. The Labute approximate surface area is 113 Å². The zero-order valence-electron chi connectivity index (χ0n) is 10.1. The average Bonchev–Trinajstić information content (AvgIpc) is 2.23. The van der Waals surface area contributed by atoms with Gasteiger partial charge in [0.2, 0.25) is 0 Å². The SMILES string of the molecule is COCC(C)CC(O)Cc1ccc(Cl)c(Cl)c1. The summed E-state index contributed by atoms with van der Waals surface area (Å²) in [4.78, 5) is 0. The number of benzene rings is 1. The van der Waals surface area contributed by atoms with Crippen LogP contribution in [0, 0.1) is 5.92 Å². The summed E-state index contributed by atoms with van der Waals surface area (Å²) in [7, 11) is 1.67. The first-order valence-corrected chi connectivity index (χ1v) is 6.39. The average molecular weight is 277 g/mol. The summed E-state index contributed by atoms with van der Waals surface area (Å²) in [5.41, 5.74) is 0.997. The van der Waals surface area contributed by atoms with Gasteiger partial charge < -0.3 is 9.84 Å². The van der Waals surface area contributed by atoms with E-state index >= 15 is 0 Å². The van der Waals surface area contributed by atoms with Crippen LogP contribution in [0.3, 0.4) is 0 Å². The third-order valence-electron chi connectivity index (χ3n) is 2.58. The van der Waals surface area contributed by atoms with E-state index in [4.69, 9.17) is 27.9 Å².